The van der Waals surface area contributed by atoms with E-state index in [0.29, 0.717) is 0 Å². The standard InChI is InChI=1S/C9H8O5/c1-13-5-3-2-4-6(7(5)10)9(12)14-8(4)11/h2-3,8,10-11H,1H3. The average molecular weight is 196 g/mol. The van der Waals surface area contributed by atoms with E-state index in [1.54, 1.807) is 0 Å². The summed E-state index contributed by atoms with van der Waals surface area (Å²) in [5, 5.41) is 18.8. The number of aliphatic hydroxyl groups is 1. The third-order valence-electron chi connectivity index (χ3n) is 2.08. The Morgan fingerprint density at radius 3 is 2.86 bits per heavy atom. The molecule has 1 aromatic rings. The fraction of sp³-hybridized carbons (Fsp3) is 0.222. The van der Waals surface area contributed by atoms with Crippen LogP contribution >= 0.6 is 0 Å². The quantitative estimate of drug-likeness (QED) is 0.642. The number of cyclic esters (lactones) is 1. The summed E-state index contributed by atoms with van der Waals surface area (Å²) in [5.74, 6) is -0.870. The Hall–Kier alpha value is -1.75. The van der Waals surface area contributed by atoms with Crippen LogP contribution in [0, 0.1) is 0 Å². The van der Waals surface area contributed by atoms with E-state index in [1.807, 2.05) is 0 Å². The monoisotopic (exact) mass is 196 g/mol. The second-order valence-electron chi connectivity index (χ2n) is 2.84. The number of methoxy groups -OCH3 is 1. The number of aromatic hydroxyl groups is 1. The number of aliphatic hydroxyl groups excluding tert-OH is 1. The van der Waals surface area contributed by atoms with Crippen molar-refractivity contribution in [2.45, 2.75) is 6.29 Å². The molecule has 1 unspecified atom stereocenters. The normalized spacial score (nSPS) is 19.0. The van der Waals surface area contributed by atoms with Gasteiger partial charge in [-0.15, -0.1) is 0 Å². The number of benzene rings is 1. The number of phenolic OH excluding ortho intramolecular Hbond substituents is 1. The van der Waals surface area contributed by atoms with Crippen molar-refractivity contribution in [1.82, 2.24) is 0 Å². The van der Waals surface area contributed by atoms with E-state index in [4.69, 9.17) is 4.74 Å². The van der Waals surface area contributed by atoms with E-state index in [1.165, 1.54) is 19.2 Å². The van der Waals surface area contributed by atoms with Crippen LogP contribution in [0.15, 0.2) is 12.1 Å². The number of hydrogen-bond acceptors (Lipinski definition) is 5. The number of esters is 1. The van der Waals surface area contributed by atoms with Gasteiger partial charge in [-0.3, -0.25) is 0 Å². The van der Waals surface area contributed by atoms with Gasteiger partial charge in [0, 0.05) is 5.56 Å². The van der Waals surface area contributed by atoms with Crippen molar-refractivity contribution in [3.05, 3.63) is 23.3 Å². The van der Waals surface area contributed by atoms with Crippen molar-refractivity contribution in [3.63, 3.8) is 0 Å². The molecule has 14 heavy (non-hydrogen) atoms. The van der Waals surface area contributed by atoms with E-state index >= 15 is 0 Å². The molecular formula is C9H8O5. The molecule has 1 aliphatic heterocycles. The van der Waals surface area contributed by atoms with E-state index in [2.05, 4.69) is 4.74 Å². The van der Waals surface area contributed by atoms with Crippen LogP contribution in [0.2, 0.25) is 0 Å². The van der Waals surface area contributed by atoms with Gasteiger partial charge in [0.15, 0.2) is 11.5 Å². The molecule has 0 fully saturated rings. The average Bonchev–Trinajstić information content (AvgIpc) is 2.44. The van der Waals surface area contributed by atoms with E-state index in [0.717, 1.165) is 0 Å². The summed E-state index contributed by atoms with van der Waals surface area (Å²) in [7, 11) is 1.37. The first kappa shape index (κ1) is 8.83. The second-order valence-corrected chi connectivity index (χ2v) is 2.84. The molecule has 2 N–H and O–H groups in total. The van der Waals surface area contributed by atoms with Gasteiger partial charge in [0.05, 0.1) is 7.11 Å². The molecule has 0 amide bonds. The molecule has 0 saturated heterocycles. The summed E-state index contributed by atoms with van der Waals surface area (Å²) >= 11 is 0. The first-order valence-corrected chi connectivity index (χ1v) is 3.94. The molecule has 5 nitrogen and oxygen atoms in total. The van der Waals surface area contributed by atoms with Gasteiger partial charge >= 0.3 is 5.97 Å². The Bertz CT molecular complexity index is 398. The Balaban J connectivity index is 2.64. The highest BCUT2D eigenvalue weighted by molar-refractivity contribution is 5.97. The van der Waals surface area contributed by atoms with Crippen molar-refractivity contribution < 1.29 is 24.5 Å². The lowest BCUT2D eigenvalue weighted by molar-refractivity contribution is -0.0547. The van der Waals surface area contributed by atoms with Crippen molar-refractivity contribution in [3.8, 4) is 11.5 Å². The highest BCUT2D eigenvalue weighted by atomic mass is 16.6. The van der Waals surface area contributed by atoms with Gasteiger partial charge in [0.1, 0.15) is 5.56 Å². The zero-order chi connectivity index (χ0) is 10.3. The van der Waals surface area contributed by atoms with Crippen molar-refractivity contribution in [2.75, 3.05) is 7.11 Å². The predicted octanol–water partition coefficient (Wildman–Crippen LogP) is 0.562. The molecular weight excluding hydrogens is 188 g/mol. The second kappa shape index (κ2) is 2.88. The van der Waals surface area contributed by atoms with Crippen LogP contribution in [-0.2, 0) is 4.74 Å². The van der Waals surface area contributed by atoms with Crippen molar-refractivity contribution in [2.24, 2.45) is 0 Å². The fourth-order valence-corrected chi connectivity index (χ4v) is 1.40. The minimum atomic E-state index is -1.30. The number of rotatable bonds is 1. The van der Waals surface area contributed by atoms with Crippen molar-refractivity contribution in [1.29, 1.82) is 0 Å². The minimum absolute atomic E-state index is 0.0307. The lowest BCUT2D eigenvalue weighted by atomic mass is 10.1. The molecule has 1 atom stereocenters. The number of ether oxygens (including phenoxy) is 2. The molecule has 0 saturated carbocycles. The van der Waals surface area contributed by atoms with E-state index < -0.39 is 12.3 Å². The molecule has 0 spiro atoms. The SMILES string of the molecule is COc1ccc2c(c1O)C(=O)OC2O. The first-order chi connectivity index (χ1) is 6.65. The summed E-state index contributed by atoms with van der Waals surface area (Å²) in [5.41, 5.74) is 0.227. The van der Waals surface area contributed by atoms with Crippen LogP contribution < -0.4 is 4.74 Å². The van der Waals surface area contributed by atoms with Crippen LogP contribution in [0.5, 0.6) is 11.5 Å². The van der Waals surface area contributed by atoms with Gasteiger partial charge in [-0.05, 0) is 12.1 Å². The van der Waals surface area contributed by atoms with Gasteiger partial charge in [-0.2, -0.15) is 0 Å². The van der Waals surface area contributed by atoms with Gasteiger partial charge in [0.25, 0.3) is 0 Å². The zero-order valence-electron chi connectivity index (χ0n) is 7.35. The highest BCUT2D eigenvalue weighted by Crippen LogP contribution is 2.39. The molecule has 0 aromatic heterocycles. The summed E-state index contributed by atoms with van der Waals surface area (Å²) in [4.78, 5) is 11.2. The molecule has 2 rings (SSSR count). The predicted molar refractivity (Wildman–Crippen MR) is 45.0 cm³/mol. The number of fused-ring (bicyclic) bond motifs is 1. The Kier molecular flexibility index (Phi) is 1.82. The molecule has 1 aromatic carbocycles. The van der Waals surface area contributed by atoms with Gasteiger partial charge in [-0.1, -0.05) is 0 Å². The zero-order valence-corrected chi connectivity index (χ0v) is 7.35. The Morgan fingerprint density at radius 1 is 1.50 bits per heavy atom. The Morgan fingerprint density at radius 2 is 2.21 bits per heavy atom. The lowest BCUT2D eigenvalue weighted by Gasteiger charge is -2.05. The van der Waals surface area contributed by atoms with Crippen molar-refractivity contribution >= 4 is 5.97 Å². The summed E-state index contributed by atoms with van der Waals surface area (Å²) in [6, 6.07) is 2.93. The first-order valence-electron chi connectivity index (χ1n) is 3.94. The maximum absolute atomic E-state index is 11.2. The van der Waals surface area contributed by atoms with Crippen LogP contribution in [0.1, 0.15) is 22.2 Å². The summed E-state index contributed by atoms with van der Waals surface area (Å²) in [6.07, 6.45) is -1.30. The third-order valence-corrected chi connectivity index (χ3v) is 2.08. The number of hydrogen-bond donors (Lipinski definition) is 2. The Labute approximate surface area is 79.5 Å². The van der Waals surface area contributed by atoms with E-state index in [-0.39, 0.29) is 22.6 Å². The molecule has 1 heterocycles. The maximum atomic E-state index is 11.2. The van der Waals surface area contributed by atoms with Crippen LogP contribution in [0.3, 0.4) is 0 Å². The fourth-order valence-electron chi connectivity index (χ4n) is 1.40. The number of carbonyl (C=O) groups is 1. The topological polar surface area (TPSA) is 76.0 Å². The number of phenols is 1. The van der Waals surface area contributed by atoms with Crippen LogP contribution in [0.25, 0.3) is 0 Å². The molecule has 0 aliphatic carbocycles. The minimum Gasteiger partial charge on any atom is -0.504 e. The third kappa shape index (κ3) is 1.03. The van der Waals surface area contributed by atoms with Crippen LogP contribution in [0.4, 0.5) is 0 Å². The van der Waals surface area contributed by atoms with Gasteiger partial charge < -0.3 is 19.7 Å². The van der Waals surface area contributed by atoms with E-state index in [9.17, 15) is 15.0 Å². The molecule has 1 aliphatic rings. The molecule has 0 bridgehead atoms. The maximum Gasteiger partial charge on any atom is 0.345 e. The van der Waals surface area contributed by atoms with Crippen LogP contribution in [-0.4, -0.2) is 23.3 Å². The summed E-state index contributed by atoms with van der Waals surface area (Å²) < 4.78 is 9.33. The molecule has 0 radical (unpaired) electrons. The molecule has 5 heteroatoms. The smallest absolute Gasteiger partial charge is 0.345 e. The largest absolute Gasteiger partial charge is 0.504 e. The van der Waals surface area contributed by atoms with Gasteiger partial charge in [-0.25, -0.2) is 4.79 Å². The van der Waals surface area contributed by atoms with Gasteiger partial charge in [0.2, 0.25) is 6.29 Å². The molecule has 74 valence electrons. The summed E-state index contributed by atoms with van der Waals surface area (Å²) in [6.45, 7) is 0. The number of carbonyl (C=O) groups excluding carboxylic acids is 1. The lowest BCUT2D eigenvalue weighted by Crippen LogP contribution is -1.96. The highest BCUT2D eigenvalue weighted by Gasteiger charge is 2.33.